The zero-order valence-electron chi connectivity index (χ0n) is 15.6. The molecule has 6 nitrogen and oxygen atoms in total. The Labute approximate surface area is 170 Å². The Morgan fingerprint density at radius 1 is 1.21 bits per heavy atom. The molecule has 8 heteroatoms. The quantitative estimate of drug-likeness (QED) is 0.622. The van der Waals surface area contributed by atoms with Gasteiger partial charge in [-0.15, -0.1) is 0 Å². The lowest BCUT2D eigenvalue weighted by atomic mass is 10.0. The molecule has 0 aliphatic carbocycles. The zero-order valence-corrected chi connectivity index (χ0v) is 17.2. The van der Waals surface area contributed by atoms with Crippen LogP contribution in [0, 0.1) is 5.82 Å². The largest absolute Gasteiger partial charge is 0.495 e. The Morgan fingerprint density at radius 3 is 2.39 bits per heavy atom. The number of aryl methyl sites for hydroxylation is 1. The van der Waals surface area contributed by atoms with Crippen LogP contribution in [-0.4, -0.2) is 29.7 Å². The minimum atomic E-state index is -0.769. The summed E-state index contributed by atoms with van der Waals surface area (Å²) >= 11 is 3.38. The van der Waals surface area contributed by atoms with E-state index >= 15 is 0 Å². The molecule has 28 heavy (non-hydrogen) atoms. The Bertz CT molecular complexity index is 981. The average Bonchev–Trinajstić information content (AvgIpc) is 3.12. The first kappa shape index (κ1) is 19.9. The van der Waals surface area contributed by atoms with Crippen molar-refractivity contribution in [3.63, 3.8) is 0 Å². The standard InChI is InChI=1S/C20H19BrFN3O3/c1-25-9-8-23-19(25)18(13-6-4-5-7-14(13)22)24-20(26)12-10-15(27-2)17(21)16(11-12)28-3/h4-11,18H,1-3H3,(H,24,26)/t18-/m1/s1. The number of ether oxygens (including phenoxy) is 2. The van der Waals surface area contributed by atoms with Gasteiger partial charge in [0.1, 0.15) is 33.7 Å². The zero-order chi connectivity index (χ0) is 20.3. The maximum Gasteiger partial charge on any atom is 0.252 e. The predicted molar refractivity (Wildman–Crippen MR) is 106 cm³/mol. The number of amides is 1. The SMILES string of the molecule is COc1cc(C(=O)N[C@H](c2ccccc2F)c2nccn2C)cc(OC)c1Br. The van der Waals surface area contributed by atoms with Crippen molar-refractivity contribution in [2.24, 2.45) is 7.05 Å². The van der Waals surface area contributed by atoms with Crippen LogP contribution in [-0.2, 0) is 7.05 Å². The minimum absolute atomic E-state index is 0.312. The van der Waals surface area contributed by atoms with E-state index in [2.05, 4.69) is 26.2 Å². The fraction of sp³-hybridized carbons (Fsp3) is 0.200. The molecule has 0 bridgehead atoms. The number of methoxy groups -OCH3 is 2. The van der Waals surface area contributed by atoms with Crippen LogP contribution in [0.1, 0.15) is 27.8 Å². The van der Waals surface area contributed by atoms with Gasteiger partial charge >= 0.3 is 0 Å². The third-order valence-electron chi connectivity index (χ3n) is 4.32. The van der Waals surface area contributed by atoms with Crippen LogP contribution in [0.25, 0.3) is 0 Å². The van der Waals surface area contributed by atoms with Crippen molar-refractivity contribution in [1.82, 2.24) is 14.9 Å². The summed E-state index contributed by atoms with van der Waals surface area (Å²) in [5, 5.41) is 2.87. The van der Waals surface area contributed by atoms with E-state index in [4.69, 9.17) is 9.47 Å². The third-order valence-corrected chi connectivity index (χ3v) is 5.10. The highest BCUT2D eigenvalue weighted by atomic mass is 79.9. The van der Waals surface area contributed by atoms with Gasteiger partial charge in [-0.1, -0.05) is 18.2 Å². The van der Waals surface area contributed by atoms with Crippen molar-refractivity contribution in [1.29, 1.82) is 0 Å². The predicted octanol–water partition coefficient (Wildman–Crippen LogP) is 3.86. The fourth-order valence-corrected chi connectivity index (χ4v) is 3.41. The van der Waals surface area contributed by atoms with Crippen molar-refractivity contribution < 1.29 is 18.7 Å². The highest BCUT2D eigenvalue weighted by molar-refractivity contribution is 9.10. The van der Waals surface area contributed by atoms with Gasteiger partial charge in [0, 0.05) is 30.6 Å². The van der Waals surface area contributed by atoms with Crippen LogP contribution in [0.15, 0.2) is 53.3 Å². The number of rotatable bonds is 6. The molecule has 0 saturated carbocycles. The molecule has 0 aliphatic heterocycles. The molecule has 2 aromatic carbocycles. The molecule has 0 radical (unpaired) electrons. The molecular formula is C20H19BrFN3O3. The van der Waals surface area contributed by atoms with E-state index < -0.39 is 17.8 Å². The topological polar surface area (TPSA) is 65.4 Å². The van der Waals surface area contributed by atoms with Gasteiger partial charge in [0.15, 0.2) is 0 Å². The number of halogens is 2. The molecule has 0 aliphatic rings. The van der Waals surface area contributed by atoms with E-state index in [9.17, 15) is 9.18 Å². The molecular weight excluding hydrogens is 429 g/mol. The normalized spacial score (nSPS) is 11.8. The number of hydrogen-bond donors (Lipinski definition) is 1. The van der Waals surface area contributed by atoms with E-state index in [1.807, 2.05) is 0 Å². The van der Waals surface area contributed by atoms with E-state index in [0.717, 1.165) is 0 Å². The van der Waals surface area contributed by atoms with Crippen LogP contribution in [0.3, 0.4) is 0 Å². The van der Waals surface area contributed by atoms with Gasteiger partial charge in [0.25, 0.3) is 5.91 Å². The molecule has 146 valence electrons. The Balaban J connectivity index is 2.01. The lowest BCUT2D eigenvalue weighted by Crippen LogP contribution is -2.31. The van der Waals surface area contributed by atoms with Crippen molar-refractivity contribution in [2.45, 2.75) is 6.04 Å². The number of carbonyl (C=O) groups excluding carboxylic acids is 1. The Kier molecular flexibility index (Phi) is 5.99. The molecule has 0 fully saturated rings. The molecule has 1 amide bonds. The lowest BCUT2D eigenvalue weighted by Gasteiger charge is -2.20. The first-order valence-corrected chi connectivity index (χ1v) is 9.19. The van der Waals surface area contributed by atoms with Crippen molar-refractivity contribution >= 4 is 21.8 Å². The summed E-state index contributed by atoms with van der Waals surface area (Å²) in [4.78, 5) is 17.3. The van der Waals surface area contributed by atoms with Crippen LogP contribution in [0.4, 0.5) is 4.39 Å². The molecule has 3 aromatic rings. The van der Waals surface area contributed by atoms with Gasteiger partial charge < -0.3 is 19.4 Å². The van der Waals surface area contributed by atoms with Crippen LogP contribution < -0.4 is 14.8 Å². The smallest absolute Gasteiger partial charge is 0.252 e. The number of benzene rings is 2. The Hall–Kier alpha value is -2.87. The second kappa shape index (κ2) is 8.43. The second-order valence-electron chi connectivity index (χ2n) is 6.02. The number of nitrogens with one attached hydrogen (secondary N) is 1. The number of imidazole rings is 1. The summed E-state index contributed by atoms with van der Waals surface area (Å²) in [6.07, 6.45) is 3.34. The summed E-state index contributed by atoms with van der Waals surface area (Å²) in [6.45, 7) is 0. The van der Waals surface area contributed by atoms with Crippen LogP contribution >= 0.6 is 15.9 Å². The number of carbonyl (C=O) groups is 1. The summed E-state index contributed by atoms with van der Waals surface area (Å²) in [5.41, 5.74) is 0.633. The highest BCUT2D eigenvalue weighted by Crippen LogP contribution is 2.36. The number of hydrogen-bond acceptors (Lipinski definition) is 4. The first-order chi connectivity index (χ1) is 13.5. The van der Waals surface area contributed by atoms with Crippen molar-refractivity contribution in [2.75, 3.05) is 14.2 Å². The maximum atomic E-state index is 14.5. The monoisotopic (exact) mass is 447 g/mol. The van der Waals surface area contributed by atoms with Gasteiger partial charge in [-0.3, -0.25) is 4.79 Å². The summed E-state index contributed by atoms with van der Waals surface area (Å²) < 4.78 is 27.4. The van der Waals surface area contributed by atoms with E-state index in [0.29, 0.717) is 32.9 Å². The molecule has 0 unspecified atom stereocenters. The van der Waals surface area contributed by atoms with Gasteiger partial charge in [0.2, 0.25) is 0 Å². The van der Waals surface area contributed by atoms with Crippen LogP contribution in [0.2, 0.25) is 0 Å². The summed E-state index contributed by atoms with van der Waals surface area (Å²) in [6, 6.07) is 8.68. The maximum absolute atomic E-state index is 14.5. The van der Waals surface area contributed by atoms with Crippen molar-refractivity contribution in [3.8, 4) is 11.5 Å². The van der Waals surface area contributed by atoms with E-state index in [-0.39, 0.29) is 0 Å². The van der Waals surface area contributed by atoms with E-state index in [1.54, 1.807) is 54.3 Å². The molecule has 3 rings (SSSR count). The molecule has 1 N–H and O–H groups in total. The van der Waals surface area contributed by atoms with Gasteiger partial charge in [-0.25, -0.2) is 9.37 Å². The van der Waals surface area contributed by atoms with Gasteiger partial charge in [-0.05, 0) is 34.1 Å². The first-order valence-electron chi connectivity index (χ1n) is 8.40. The van der Waals surface area contributed by atoms with E-state index in [1.165, 1.54) is 20.3 Å². The molecule has 1 aromatic heterocycles. The molecule has 1 atom stereocenters. The molecule has 1 heterocycles. The van der Waals surface area contributed by atoms with Crippen molar-refractivity contribution in [3.05, 3.63) is 76.0 Å². The third kappa shape index (κ3) is 3.87. The number of aromatic nitrogens is 2. The molecule has 0 saturated heterocycles. The Morgan fingerprint density at radius 2 is 1.86 bits per heavy atom. The van der Waals surface area contributed by atoms with Gasteiger partial charge in [-0.2, -0.15) is 0 Å². The lowest BCUT2D eigenvalue weighted by molar-refractivity contribution is 0.0940. The average molecular weight is 448 g/mol. The molecule has 0 spiro atoms. The number of nitrogens with zero attached hydrogens (tertiary/aromatic N) is 2. The summed E-state index contributed by atoms with van der Waals surface area (Å²) in [5.74, 6) is 0.560. The second-order valence-corrected chi connectivity index (χ2v) is 6.81. The minimum Gasteiger partial charge on any atom is -0.495 e. The summed E-state index contributed by atoms with van der Waals surface area (Å²) in [7, 11) is 4.78. The van der Waals surface area contributed by atoms with Crippen LogP contribution in [0.5, 0.6) is 11.5 Å². The fourth-order valence-electron chi connectivity index (χ4n) is 2.86. The highest BCUT2D eigenvalue weighted by Gasteiger charge is 2.25. The van der Waals surface area contributed by atoms with Gasteiger partial charge in [0.05, 0.1) is 14.2 Å².